The van der Waals surface area contributed by atoms with E-state index in [-0.39, 0.29) is 25.0 Å². The van der Waals surface area contributed by atoms with Gasteiger partial charge in [-0.2, -0.15) is 0 Å². The summed E-state index contributed by atoms with van der Waals surface area (Å²) in [6, 6.07) is 0. The van der Waals surface area contributed by atoms with E-state index in [1.54, 1.807) is 0 Å². The van der Waals surface area contributed by atoms with Crippen LogP contribution in [0.25, 0.3) is 0 Å². The number of ether oxygens (including phenoxy) is 2. The predicted molar refractivity (Wildman–Crippen MR) is 68.2 cm³/mol. The highest BCUT2D eigenvalue weighted by molar-refractivity contribution is 5.72. The molecule has 0 aromatic rings. The van der Waals surface area contributed by atoms with E-state index in [1.807, 2.05) is 13.8 Å². The number of esters is 2. The van der Waals surface area contributed by atoms with E-state index in [4.69, 9.17) is 9.47 Å². The molecule has 0 rings (SSSR count). The van der Waals surface area contributed by atoms with Crippen molar-refractivity contribution in [1.29, 1.82) is 0 Å². The quantitative estimate of drug-likeness (QED) is 0.404. The Balaban J connectivity index is 3.25. The topological polar surface area (TPSA) is 76.7 Å². The predicted octanol–water partition coefficient (Wildman–Crippen LogP) is 0.0720. The highest BCUT2D eigenvalue weighted by Crippen LogP contribution is 1.82. The molecule has 0 unspecified atom stereocenters. The van der Waals surface area contributed by atoms with Gasteiger partial charge in [0.2, 0.25) is 0 Å². The summed E-state index contributed by atoms with van der Waals surface area (Å²) in [7, 11) is 0. The first-order chi connectivity index (χ1) is 8.70. The molecule has 0 bridgehead atoms. The first kappa shape index (κ1) is 16.9. The maximum Gasteiger partial charge on any atom is 0.319 e. The Morgan fingerprint density at radius 2 is 1.22 bits per heavy atom. The van der Waals surface area contributed by atoms with Gasteiger partial charge in [0.15, 0.2) is 0 Å². The molecule has 2 N–H and O–H groups in total. The summed E-state index contributed by atoms with van der Waals surface area (Å²) in [6.07, 6.45) is 1.65. The van der Waals surface area contributed by atoms with Crippen LogP contribution in [-0.4, -0.2) is 51.3 Å². The fraction of sp³-hybridized carbons (Fsp3) is 0.833. The lowest BCUT2D eigenvalue weighted by Gasteiger charge is -2.07. The minimum absolute atomic E-state index is 0.196. The summed E-state index contributed by atoms with van der Waals surface area (Å²) in [4.78, 5) is 22.2. The summed E-state index contributed by atoms with van der Waals surface area (Å²) in [6.45, 7) is 6.41. The zero-order chi connectivity index (χ0) is 13.6. The van der Waals surface area contributed by atoms with Gasteiger partial charge in [-0.25, -0.2) is 0 Å². The van der Waals surface area contributed by atoms with Crippen LogP contribution < -0.4 is 10.6 Å². The van der Waals surface area contributed by atoms with Crippen molar-refractivity contribution >= 4 is 11.9 Å². The first-order valence-electron chi connectivity index (χ1n) is 6.43. The number of carbonyl (C=O) groups is 2. The molecule has 0 saturated heterocycles. The van der Waals surface area contributed by atoms with E-state index >= 15 is 0 Å². The molecule has 6 heteroatoms. The second kappa shape index (κ2) is 12.3. The Morgan fingerprint density at radius 3 is 1.56 bits per heavy atom. The molecule has 0 aliphatic heterocycles. The van der Waals surface area contributed by atoms with Gasteiger partial charge in [0.05, 0.1) is 26.3 Å². The van der Waals surface area contributed by atoms with Crippen molar-refractivity contribution in [3.8, 4) is 0 Å². The van der Waals surface area contributed by atoms with E-state index < -0.39 is 0 Å². The van der Waals surface area contributed by atoms with Crippen molar-refractivity contribution in [2.24, 2.45) is 0 Å². The molecule has 0 saturated carbocycles. The van der Waals surface area contributed by atoms with Gasteiger partial charge in [-0.05, 0) is 12.8 Å². The molecule has 0 aromatic carbocycles. The molecule has 0 radical (unpaired) electrons. The zero-order valence-corrected chi connectivity index (χ0v) is 11.3. The molecule has 18 heavy (non-hydrogen) atoms. The number of rotatable bonds is 11. The number of nitrogens with one attached hydrogen (secondary N) is 2. The highest BCUT2D eigenvalue weighted by atomic mass is 16.5. The van der Waals surface area contributed by atoms with Gasteiger partial charge in [0, 0.05) is 13.1 Å². The third-order valence-corrected chi connectivity index (χ3v) is 1.95. The standard InChI is InChI=1S/C12H24N2O4/c1-3-7-17-11(15)9-13-5-6-14-10-12(16)18-8-4-2/h13-14H,3-10H2,1-2H3. The molecule has 6 nitrogen and oxygen atoms in total. The number of carbonyl (C=O) groups excluding carboxylic acids is 2. The fourth-order valence-corrected chi connectivity index (χ4v) is 1.09. The third kappa shape index (κ3) is 11.3. The van der Waals surface area contributed by atoms with Gasteiger partial charge in [-0.3, -0.25) is 9.59 Å². The number of hydrogen-bond acceptors (Lipinski definition) is 6. The molecule has 0 amide bonds. The summed E-state index contributed by atoms with van der Waals surface area (Å²) < 4.78 is 9.77. The average molecular weight is 260 g/mol. The Hall–Kier alpha value is -1.14. The lowest BCUT2D eigenvalue weighted by atomic mass is 10.5. The molecule has 0 fully saturated rings. The van der Waals surface area contributed by atoms with Crippen molar-refractivity contribution in [2.45, 2.75) is 26.7 Å². The van der Waals surface area contributed by atoms with E-state index in [1.165, 1.54) is 0 Å². The minimum Gasteiger partial charge on any atom is -0.465 e. The van der Waals surface area contributed by atoms with Gasteiger partial charge in [0.1, 0.15) is 0 Å². The van der Waals surface area contributed by atoms with Crippen LogP contribution in [0.15, 0.2) is 0 Å². The molecule has 0 aromatic heterocycles. The summed E-state index contributed by atoms with van der Waals surface area (Å²) in [5.41, 5.74) is 0. The third-order valence-electron chi connectivity index (χ3n) is 1.95. The summed E-state index contributed by atoms with van der Waals surface area (Å²) in [5, 5.41) is 5.84. The monoisotopic (exact) mass is 260 g/mol. The Bertz CT molecular complexity index is 210. The van der Waals surface area contributed by atoms with Gasteiger partial charge in [0.25, 0.3) is 0 Å². The van der Waals surface area contributed by atoms with Crippen LogP contribution in [0.2, 0.25) is 0 Å². The Morgan fingerprint density at radius 1 is 0.833 bits per heavy atom. The number of hydrogen-bond donors (Lipinski definition) is 2. The average Bonchev–Trinajstić information content (AvgIpc) is 2.37. The maximum atomic E-state index is 11.1. The van der Waals surface area contributed by atoms with Crippen molar-refractivity contribution in [2.75, 3.05) is 39.4 Å². The van der Waals surface area contributed by atoms with E-state index in [0.717, 1.165) is 12.8 Å². The van der Waals surface area contributed by atoms with E-state index in [9.17, 15) is 9.59 Å². The van der Waals surface area contributed by atoms with Crippen LogP contribution in [0.1, 0.15) is 26.7 Å². The molecule has 0 aliphatic carbocycles. The second-order valence-electron chi connectivity index (χ2n) is 3.79. The molecule has 0 heterocycles. The van der Waals surface area contributed by atoms with Crippen LogP contribution >= 0.6 is 0 Å². The SMILES string of the molecule is CCCOC(=O)CNCCNCC(=O)OCCC. The van der Waals surface area contributed by atoms with Gasteiger partial charge < -0.3 is 20.1 Å². The van der Waals surface area contributed by atoms with Crippen molar-refractivity contribution < 1.29 is 19.1 Å². The Kier molecular flexibility index (Phi) is 11.5. The summed E-state index contributed by atoms with van der Waals surface area (Å²) in [5.74, 6) is -0.501. The lowest BCUT2D eigenvalue weighted by Crippen LogP contribution is -2.34. The molecule has 0 atom stereocenters. The van der Waals surface area contributed by atoms with Crippen LogP contribution in [0.5, 0.6) is 0 Å². The molecule has 106 valence electrons. The van der Waals surface area contributed by atoms with E-state index in [0.29, 0.717) is 26.3 Å². The van der Waals surface area contributed by atoms with Gasteiger partial charge in [-0.15, -0.1) is 0 Å². The van der Waals surface area contributed by atoms with Gasteiger partial charge >= 0.3 is 11.9 Å². The summed E-state index contributed by atoms with van der Waals surface area (Å²) >= 11 is 0. The maximum absolute atomic E-state index is 11.1. The van der Waals surface area contributed by atoms with Crippen LogP contribution in [0.4, 0.5) is 0 Å². The smallest absolute Gasteiger partial charge is 0.319 e. The van der Waals surface area contributed by atoms with Crippen molar-refractivity contribution in [1.82, 2.24) is 10.6 Å². The normalized spacial score (nSPS) is 10.1. The van der Waals surface area contributed by atoms with Crippen LogP contribution in [-0.2, 0) is 19.1 Å². The van der Waals surface area contributed by atoms with E-state index in [2.05, 4.69) is 10.6 Å². The zero-order valence-electron chi connectivity index (χ0n) is 11.3. The van der Waals surface area contributed by atoms with Gasteiger partial charge in [-0.1, -0.05) is 13.8 Å². The molecular weight excluding hydrogens is 236 g/mol. The van der Waals surface area contributed by atoms with Crippen molar-refractivity contribution in [3.63, 3.8) is 0 Å². The minimum atomic E-state index is -0.251. The second-order valence-corrected chi connectivity index (χ2v) is 3.79. The molecule has 0 aliphatic rings. The first-order valence-corrected chi connectivity index (χ1v) is 6.43. The van der Waals surface area contributed by atoms with Crippen LogP contribution in [0, 0.1) is 0 Å². The van der Waals surface area contributed by atoms with Crippen LogP contribution in [0.3, 0.4) is 0 Å². The molecular formula is C12H24N2O4. The lowest BCUT2D eigenvalue weighted by molar-refractivity contribution is -0.143. The largest absolute Gasteiger partial charge is 0.465 e. The fourth-order valence-electron chi connectivity index (χ4n) is 1.09. The van der Waals surface area contributed by atoms with Crippen molar-refractivity contribution in [3.05, 3.63) is 0 Å². The molecule has 0 spiro atoms. The highest BCUT2D eigenvalue weighted by Gasteiger charge is 2.02. The Labute approximate surface area is 108 Å².